The predicted molar refractivity (Wildman–Crippen MR) is 135 cm³/mol. The average molecular weight is 561 g/mol. The molecular formula is C23H36N4O12. The number of azide groups is 1. The summed E-state index contributed by atoms with van der Waals surface area (Å²) in [4.78, 5) is 24.2. The summed E-state index contributed by atoms with van der Waals surface area (Å²) in [5, 5.41) is 13.9. The van der Waals surface area contributed by atoms with E-state index in [0.29, 0.717) is 92.4 Å². The zero-order chi connectivity index (χ0) is 28.2. The van der Waals surface area contributed by atoms with E-state index in [4.69, 9.17) is 48.2 Å². The lowest BCUT2D eigenvalue weighted by Crippen LogP contribution is -2.16. The van der Waals surface area contributed by atoms with E-state index in [0.717, 1.165) is 0 Å². The van der Waals surface area contributed by atoms with Crippen LogP contribution in [0.15, 0.2) is 29.4 Å². The van der Waals surface area contributed by atoms with Gasteiger partial charge in [-0.15, -0.1) is 0 Å². The van der Waals surface area contributed by atoms with Crippen molar-refractivity contribution in [3.05, 3.63) is 44.8 Å². The van der Waals surface area contributed by atoms with Crippen LogP contribution in [-0.2, 0) is 37.9 Å². The molecule has 0 fully saturated rings. The van der Waals surface area contributed by atoms with Gasteiger partial charge in [0.05, 0.1) is 97.4 Å². The molecule has 0 aromatic heterocycles. The Morgan fingerprint density at radius 2 is 1.08 bits per heavy atom. The van der Waals surface area contributed by atoms with Crippen molar-refractivity contribution in [2.24, 2.45) is 5.11 Å². The SMILES string of the molecule is [N-]=[N+]=NCCOCCOCCOCCOCCOCCOCCOCCOC(=O)Oc1ccc([N+](=O)[O-])cc1. The van der Waals surface area contributed by atoms with Crippen molar-refractivity contribution in [3.63, 3.8) is 0 Å². The van der Waals surface area contributed by atoms with E-state index in [1.165, 1.54) is 24.3 Å². The Bertz CT molecular complexity index is 809. The minimum absolute atomic E-state index is 0.00851. The molecule has 1 rings (SSSR count). The van der Waals surface area contributed by atoms with Gasteiger partial charge in [0.2, 0.25) is 0 Å². The maximum atomic E-state index is 11.6. The topological polar surface area (TPSA) is 192 Å². The summed E-state index contributed by atoms with van der Waals surface area (Å²) in [6.45, 7) is 5.97. The number of nitro benzene ring substituents is 1. The van der Waals surface area contributed by atoms with Crippen LogP contribution in [0.1, 0.15) is 0 Å². The second kappa shape index (κ2) is 25.2. The van der Waals surface area contributed by atoms with Crippen molar-refractivity contribution in [2.45, 2.75) is 0 Å². The molecule has 0 unspecified atom stereocenters. The first-order valence-corrected chi connectivity index (χ1v) is 12.3. The molecule has 39 heavy (non-hydrogen) atoms. The molecule has 0 saturated heterocycles. The number of ether oxygens (including phenoxy) is 9. The summed E-state index contributed by atoms with van der Waals surface area (Å²) in [5.74, 6) is 0.139. The summed E-state index contributed by atoms with van der Waals surface area (Å²) in [5.41, 5.74) is 8.00. The van der Waals surface area contributed by atoms with Crippen LogP contribution in [0, 0.1) is 10.1 Å². The number of carbonyl (C=O) groups is 1. The van der Waals surface area contributed by atoms with E-state index < -0.39 is 11.1 Å². The molecule has 0 aliphatic rings. The standard InChI is InChI=1S/C23H36N4O12/c24-26-25-5-6-31-7-8-32-9-10-33-11-12-34-13-14-35-15-16-36-17-18-37-19-20-38-23(28)39-22-3-1-21(2-4-22)27(29)30/h1-4H,5-20H2. The van der Waals surface area contributed by atoms with Crippen molar-refractivity contribution in [1.29, 1.82) is 0 Å². The molecule has 0 atom stereocenters. The maximum absolute atomic E-state index is 11.6. The molecule has 16 nitrogen and oxygen atoms in total. The summed E-state index contributed by atoms with van der Waals surface area (Å²) >= 11 is 0. The van der Waals surface area contributed by atoms with Crippen LogP contribution >= 0.6 is 0 Å². The van der Waals surface area contributed by atoms with Crippen LogP contribution in [0.25, 0.3) is 10.4 Å². The maximum Gasteiger partial charge on any atom is 0.513 e. The first kappa shape index (κ1) is 33.9. The summed E-state index contributed by atoms with van der Waals surface area (Å²) in [6, 6.07) is 5.06. The highest BCUT2D eigenvalue weighted by Crippen LogP contribution is 2.17. The quantitative estimate of drug-likeness (QED) is 0.0235. The van der Waals surface area contributed by atoms with Gasteiger partial charge in [-0.3, -0.25) is 10.1 Å². The van der Waals surface area contributed by atoms with Crippen LogP contribution in [0.3, 0.4) is 0 Å². The Morgan fingerprint density at radius 1 is 0.692 bits per heavy atom. The third-order valence-electron chi connectivity index (χ3n) is 4.33. The lowest BCUT2D eigenvalue weighted by molar-refractivity contribution is -0.384. The van der Waals surface area contributed by atoms with Gasteiger partial charge in [0, 0.05) is 23.6 Å². The van der Waals surface area contributed by atoms with Crippen LogP contribution in [0.2, 0.25) is 0 Å². The van der Waals surface area contributed by atoms with Crippen molar-refractivity contribution in [1.82, 2.24) is 0 Å². The van der Waals surface area contributed by atoms with Gasteiger partial charge >= 0.3 is 6.16 Å². The van der Waals surface area contributed by atoms with E-state index in [-0.39, 0.29) is 24.7 Å². The molecule has 0 N–H and O–H groups in total. The molecule has 0 heterocycles. The number of hydrogen-bond acceptors (Lipinski definition) is 13. The predicted octanol–water partition coefficient (Wildman–Crippen LogP) is 2.54. The van der Waals surface area contributed by atoms with Gasteiger partial charge in [-0.1, -0.05) is 5.11 Å². The second-order valence-electron chi connectivity index (χ2n) is 7.19. The molecule has 0 saturated carbocycles. The van der Waals surface area contributed by atoms with Crippen molar-refractivity contribution >= 4 is 11.8 Å². The second-order valence-corrected chi connectivity index (χ2v) is 7.19. The molecule has 0 spiro atoms. The monoisotopic (exact) mass is 560 g/mol. The normalized spacial score (nSPS) is 10.7. The number of non-ortho nitro benzene ring substituents is 1. The van der Waals surface area contributed by atoms with Gasteiger partial charge in [0.25, 0.3) is 5.69 Å². The lowest BCUT2D eigenvalue weighted by Gasteiger charge is -2.08. The fourth-order valence-electron chi connectivity index (χ4n) is 2.52. The van der Waals surface area contributed by atoms with E-state index >= 15 is 0 Å². The zero-order valence-corrected chi connectivity index (χ0v) is 21.8. The van der Waals surface area contributed by atoms with Crippen LogP contribution in [0.5, 0.6) is 5.75 Å². The summed E-state index contributed by atoms with van der Waals surface area (Å²) in [7, 11) is 0. The van der Waals surface area contributed by atoms with Crippen LogP contribution in [0.4, 0.5) is 10.5 Å². The Kier molecular flexibility index (Phi) is 21.9. The van der Waals surface area contributed by atoms with Crippen molar-refractivity contribution in [2.75, 3.05) is 106 Å². The third kappa shape index (κ3) is 21.5. The molecule has 220 valence electrons. The lowest BCUT2D eigenvalue weighted by atomic mass is 10.3. The fourth-order valence-corrected chi connectivity index (χ4v) is 2.52. The van der Waals surface area contributed by atoms with Gasteiger partial charge in [0.1, 0.15) is 12.4 Å². The zero-order valence-electron chi connectivity index (χ0n) is 21.8. The van der Waals surface area contributed by atoms with E-state index in [9.17, 15) is 14.9 Å². The molecule has 16 heteroatoms. The Balaban J connectivity index is 1.74. The van der Waals surface area contributed by atoms with Gasteiger partial charge in [-0.2, -0.15) is 0 Å². The van der Waals surface area contributed by atoms with Gasteiger partial charge < -0.3 is 42.6 Å². The van der Waals surface area contributed by atoms with Crippen LogP contribution in [-0.4, -0.2) is 117 Å². The third-order valence-corrected chi connectivity index (χ3v) is 4.33. The summed E-state index contributed by atoms with van der Waals surface area (Å²) < 4.78 is 47.1. The van der Waals surface area contributed by atoms with Crippen molar-refractivity contribution in [3.8, 4) is 5.75 Å². The molecule has 1 aromatic carbocycles. The molecule has 0 amide bonds. The minimum atomic E-state index is -0.929. The number of hydrogen-bond donors (Lipinski definition) is 0. The molecule has 0 aliphatic carbocycles. The molecule has 0 bridgehead atoms. The van der Waals surface area contributed by atoms with Gasteiger partial charge in [-0.25, -0.2) is 4.79 Å². The molecular weight excluding hydrogens is 524 g/mol. The molecule has 0 aliphatic heterocycles. The number of rotatable bonds is 26. The van der Waals surface area contributed by atoms with Crippen LogP contribution < -0.4 is 4.74 Å². The highest BCUT2D eigenvalue weighted by atomic mass is 16.7. The number of benzene rings is 1. The number of nitro groups is 1. The van der Waals surface area contributed by atoms with E-state index in [1.54, 1.807) is 0 Å². The Hall–Kier alpha value is -3.08. The Labute approximate surface area is 226 Å². The average Bonchev–Trinajstić information content (AvgIpc) is 2.93. The number of nitrogens with zero attached hydrogens (tertiary/aromatic N) is 4. The molecule has 1 aromatic rings. The highest BCUT2D eigenvalue weighted by Gasteiger charge is 2.09. The van der Waals surface area contributed by atoms with E-state index in [2.05, 4.69) is 10.0 Å². The first-order chi connectivity index (χ1) is 19.1. The summed E-state index contributed by atoms with van der Waals surface area (Å²) in [6.07, 6.45) is -0.929. The Morgan fingerprint density at radius 3 is 1.46 bits per heavy atom. The van der Waals surface area contributed by atoms with Gasteiger partial charge in [0.15, 0.2) is 0 Å². The smallest absolute Gasteiger partial charge is 0.432 e. The van der Waals surface area contributed by atoms with E-state index in [1.807, 2.05) is 0 Å². The first-order valence-electron chi connectivity index (χ1n) is 12.3. The highest BCUT2D eigenvalue weighted by molar-refractivity contribution is 5.63. The van der Waals surface area contributed by atoms with Crippen molar-refractivity contribution < 1.29 is 52.3 Å². The van der Waals surface area contributed by atoms with Gasteiger partial charge in [-0.05, 0) is 17.7 Å². The number of carbonyl (C=O) groups excluding carboxylic acids is 1. The minimum Gasteiger partial charge on any atom is -0.432 e. The molecule has 0 radical (unpaired) electrons. The fraction of sp³-hybridized carbons (Fsp3) is 0.696. The largest absolute Gasteiger partial charge is 0.513 e.